The van der Waals surface area contributed by atoms with Crippen molar-refractivity contribution in [3.63, 3.8) is 0 Å². The van der Waals surface area contributed by atoms with Crippen LogP contribution in [0.1, 0.15) is 41.9 Å². The van der Waals surface area contributed by atoms with Gasteiger partial charge in [-0.25, -0.2) is 0 Å². The number of anilines is 1. The predicted molar refractivity (Wildman–Crippen MR) is 140 cm³/mol. The van der Waals surface area contributed by atoms with Gasteiger partial charge in [-0.15, -0.1) is 0 Å². The first kappa shape index (κ1) is 23.3. The maximum Gasteiger partial charge on any atom is 0.161 e. The molecule has 1 unspecified atom stereocenters. The number of Topliss-reactive ketones (excluding diaryl/α,β-unsaturated/α-hetero) is 1. The Balaban J connectivity index is 1.83. The Morgan fingerprint density at radius 2 is 1.80 bits per heavy atom. The third-order valence-corrected chi connectivity index (χ3v) is 6.89. The lowest BCUT2D eigenvalue weighted by atomic mass is 9.73. The molecule has 0 saturated heterocycles. The number of aryl methyl sites for hydroxylation is 1. The molecule has 1 aromatic heterocycles. The average molecular weight is 504 g/mol. The first-order chi connectivity index (χ1) is 16.8. The van der Waals surface area contributed by atoms with Crippen LogP contribution in [0.4, 0.5) is 5.69 Å². The third-order valence-electron chi connectivity index (χ3n) is 6.46. The lowest BCUT2D eigenvalue weighted by Crippen LogP contribution is -2.42. The van der Waals surface area contributed by atoms with Crippen LogP contribution in [-0.2, 0) is 4.79 Å². The average Bonchev–Trinajstić information content (AvgIpc) is 2.83. The lowest BCUT2D eigenvalue weighted by molar-refractivity contribution is -0.116. The van der Waals surface area contributed by atoms with Crippen LogP contribution in [0.15, 0.2) is 83.8 Å². The topological polar surface area (TPSA) is 77.3 Å². The number of aromatic nitrogens is 1. The monoisotopic (exact) mass is 503 g/mol. The molecule has 2 aromatic carbocycles. The number of aliphatic hydroxyl groups excluding tert-OH is 1. The highest BCUT2D eigenvalue weighted by atomic mass is 35.5. The number of rotatable bonds is 3. The van der Waals surface area contributed by atoms with Crippen LogP contribution in [0.3, 0.4) is 0 Å². The van der Waals surface area contributed by atoms with E-state index in [9.17, 15) is 15.3 Å². The van der Waals surface area contributed by atoms with E-state index in [1.807, 2.05) is 37.3 Å². The van der Waals surface area contributed by atoms with Crippen LogP contribution < -0.4 is 4.90 Å². The Bertz CT molecular complexity index is 1380. The number of hydrogen-bond donors (Lipinski definition) is 2. The molecule has 1 aliphatic heterocycles. The van der Waals surface area contributed by atoms with Gasteiger partial charge in [0, 0.05) is 57.2 Å². The van der Waals surface area contributed by atoms with Crippen molar-refractivity contribution in [2.24, 2.45) is 0 Å². The molecule has 2 aliphatic rings. The molecular formula is C28H23Cl2N3O2. The molecule has 2 heterocycles. The van der Waals surface area contributed by atoms with Crippen LogP contribution in [0.2, 0.25) is 10.0 Å². The standard InChI is InChI=1S/C28H23Cl2N3O2/c1-16-7-9-17(10-8-16)27(35)26-24(18-4-3-11-32-15-18)25-22(5-2-6-23(25)34)33(28(26)31)21-13-19(29)12-20(30)14-21/h3-4,7-15,24,31,35H,2,5-6H2,1H3/b27-26+,31-28?. The number of nitrogens with one attached hydrogen (secondary N) is 1. The Morgan fingerprint density at radius 3 is 2.46 bits per heavy atom. The van der Waals surface area contributed by atoms with E-state index >= 15 is 0 Å². The Kier molecular flexibility index (Phi) is 6.22. The molecule has 3 aromatic rings. The van der Waals surface area contributed by atoms with Gasteiger partial charge in [-0.1, -0.05) is 59.1 Å². The number of ketones is 1. The lowest BCUT2D eigenvalue weighted by Gasteiger charge is -2.41. The molecule has 176 valence electrons. The second kappa shape index (κ2) is 9.33. The molecule has 0 amide bonds. The summed E-state index contributed by atoms with van der Waals surface area (Å²) in [6, 6.07) is 16.2. The zero-order valence-electron chi connectivity index (χ0n) is 19.1. The summed E-state index contributed by atoms with van der Waals surface area (Å²) in [5.74, 6) is -0.596. The summed E-state index contributed by atoms with van der Waals surface area (Å²) in [4.78, 5) is 19.4. The summed E-state index contributed by atoms with van der Waals surface area (Å²) in [5.41, 5.74) is 4.60. The highest BCUT2D eigenvalue weighted by Crippen LogP contribution is 2.48. The molecule has 35 heavy (non-hydrogen) atoms. The van der Waals surface area contributed by atoms with Crippen molar-refractivity contribution >= 4 is 46.3 Å². The van der Waals surface area contributed by atoms with Gasteiger partial charge in [0.2, 0.25) is 0 Å². The molecule has 0 saturated carbocycles. The fraction of sp³-hybridized carbons (Fsp3) is 0.179. The molecule has 5 nitrogen and oxygen atoms in total. The highest BCUT2D eigenvalue weighted by Gasteiger charge is 2.43. The molecule has 0 fully saturated rings. The van der Waals surface area contributed by atoms with Crippen LogP contribution in [0.25, 0.3) is 5.76 Å². The number of benzene rings is 2. The van der Waals surface area contributed by atoms with Gasteiger partial charge in [0.05, 0.1) is 5.69 Å². The van der Waals surface area contributed by atoms with Crippen LogP contribution >= 0.6 is 23.2 Å². The van der Waals surface area contributed by atoms with E-state index in [2.05, 4.69) is 4.98 Å². The van der Waals surface area contributed by atoms with Crippen LogP contribution in [-0.4, -0.2) is 21.7 Å². The summed E-state index contributed by atoms with van der Waals surface area (Å²) in [6.07, 6.45) is 5.06. The van der Waals surface area contributed by atoms with Crippen molar-refractivity contribution in [3.05, 3.63) is 111 Å². The molecule has 7 heteroatoms. The molecule has 5 rings (SSSR count). The van der Waals surface area contributed by atoms with E-state index in [4.69, 9.17) is 23.2 Å². The number of aliphatic hydroxyl groups is 1. The zero-order chi connectivity index (χ0) is 24.7. The maximum atomic E-state index is 13.4. The van der Waals surface area contributed by atoms with Crippen molar-refractivity contribution in [1.29, 1.82) is 5.41 Å². The van der Waals surface area contributed by atoms with Crippen molar-refractivity contribution in [2.45, 2.75) is 32.1 Å². The molecule has 0 radical (unpaired) electrons. The molecule has 1 atom stereocenters. The molecule has 0 bridgehead atoms. The van der Waals surface area contributed by atoms with Crippen molar-refractivity contribution in [1.82, 2.24) is 4.98 Å². The number of allylic oxidation sites excluding steroid dienone is 2. The SMILES string of the molecule is Cc1ccc(/C(O)=C2\C(=N)N(c3cc(Cl)cc(Cl)c3)C3=C(C(=O)CCC3)C2c2cccnc2)cc1. The maximum absolute atomic E-state index is 13.4. The normalized spacial score (nSPS) is 19.6. The minimum atomic E-state index is -0.619. The van der Waals surface area contributed by atoms with Gasteiger partial charge in [0.25, 0.3) is 0 Å². The minimum Gasteiger partial charge on any atom is -0.507 e. The van der Waals surface area contributed by atoms with Gasteiger partial charge in [0.15, 0.2) is 5.78 Å². The Hall–Kier alpha value is -3.41. The Labute approximate surface area is 213 Å². The second-order valence-electron chi connectivity index (χ2n) is 8.80. The van der Waals surface area contributed by atoms with Crippen LogP contribution in [0, 0.1) is 12.3 Å². The first-order valence-electron chi connectivity index (χ1n) is 11.4. The van der Waals surface area contributed by atoms with E-state index in [1.54, 1.807) is 41.6 Å². The van der Waals surface area contributed by atoms with Crippen LogP contribution in [0.5, 0.6) is 0 Å². The van der Waals surface area contributed by atoms with Crippen molar-refractivity contribution in [2.75, 3.05) is 4.90 Å². The number of nitrogens with zero attached hydrogens (tertiary/aromatic N) is 2. The largest absolute Gasteiger partial charge is 0.507 e. The fourth-order valence-corrected chi connectivity index (χ4v) is 5.41. The van der Waals surface area contributed by atoms with Gasteiger partial charge in [-0.3, -0.25) is 20.1 Å². The van der Waals surface area contributed by atoms with E-state index in [-0.39, 0.29) is 17.4 Å². The minimum absolute atomic E-state index is 0.0000609. The number of carbonyl (C=O) groups excluding carboxylic acids is 1. The van der Waals surface area contributed by atoms with Crippen molar-refractivity contribution < 1.29 is 9.90 Å². The number of pyridine rings is 1. The number of carbonyl (C=O) groups is 1. The number of amidine groups is 1. The second-order valence-corrected chi connectivity index (χ2v) is 9.67. The smallest absolute Gasteiger partial charge is 0.161 e. The zero-order valence-corrected chi connectivity index (χ0v) is 20.6. The van der Waals surface area contributed by atoms with Gasteiger partial charge in [-0.05, 0) is 49.6 Å². The van der Waals surface area contributed by atoms with E-state index in [0.29, 0.717) is 51.7 Å². The highest BCUT2D eigenvalue weighted by molar-refractivity contribution is 6.35. The number of hydrogen-bond acceptors (Lipinski definition) is 4. The van der Waals surface area contributed by atoms with Gasteiger partial charge in [-0.2, -0.15) is 0 Å². The predicted octanol–water partition coefficient (Wildman–Crippen LogP) is 7.25. The summed E-state index contributed by atoms with van der Waals surface area (Å²) in [5, 5.41) is 21.8. The fourth-order valence-electron chi connectivity index (χ4n) is 4.89. The number of halogens is 2. The van der Waals surface area contributed by atoms with E-state index in [1.165, 1.54) is 0 Å². The molecular weight excluding hydrogens is 481 g/mol. The van der Waals surface area contributed by atoms with Crippen molar-refractivity contribution in [3.8, 4) is 0 Å². The first-order valence-corrected chi connectivity index (χ1v) is 12.1. The van der Waals surface area contributed by atoms with Gasteiger partial charge < -0.3 is 5.11 Å². The summed E-state index contributed by atoms with van der Waals surface area (Å²) < 4.78 is 0. The molecule has 2 N–H and O–H groups in total. The molecule has 0 spiro atoms. The molecule has 1 aliphatic carbocycles. The van der Waals surface area contributed by atoms with Gasteiger partial charge >= 0.3 is 0 Å². The van der Waals surface area contributed by atoms with E-state index in [0.717, 1.165) is 16.8 Å². The Morgan fingerprint density at radius 1 is 1.09 bits per heavy atom. The third kappa shape index (κ3) is 4.26. The summed E-state index contributed by atoms with van der Waals surface area (Å²) in [6.45, 7) is 1.97. The van der Waals surface area contributed by atoms with Gasteiger partial charge in [0.1, 0.15) is 11.6 Å². The van der Waals surface area contributed by atoms with E-state index < -0.39 is 5.92 Å². The summed E-state index contributed by atoms with van der Waals surface area (Å²) >= 11 is 12.6. The summed E-state index contributed by atoms with van der Waals surface area (Å²) in [7, 11) is 0. The quantitative estimate of drug-likeness (QED) is 0.368.